The molecule has 1 amide bonds. The van der Waals surface area contributed by atoms with E-state index in [1.165, 1.54) is 0 Å². The Hall–Kier alpha value is -2.38. The van der Waals surface area contributed by atoms with Crippen LogP contribution in [-0.2, 0) is 18.4 Å². The van der Waals surface area contributed by atoms with E-state index >= 15 is 0 Å². The Bertz CT molecular complexity index is 716. The highest BCUT2D eigenvalue weighted by molar-refractivity contribution is 5.80. The van der Waals surface area contributed by atoms with Crippen LogP contribution in [0, 0.1) is 5.92 Å². The first-order chi connectivity index (χ1) is 12.2. The number of carbonyl (C=O) groups is 1. The van der Waals surface area contributed by atoms with E-state index in [0.29, 0.717) is 18.8 Å². The molecule has 0 spiro atoms. The first kappa shape index (κ1) is 17.4. The van der Waals surface area contributed by atoms with Gasteiger partial charge in [-0.25, -0.2) is 0 Å². The van der Waals surface area contributed by atoms with Crippen LogP contribution in [-0.4, -0.2) is 47.1 Å². The van der Waals surface area contributed by atoms with Crippen molar-refractivity contribution in [1.29, 1.82) is 0 Å². The van der Waals surface area contributed by atoms with E-state index in [-0.39, 0.29) is 31.0 Å². The number of aliphatic hydroxyl groups excluding tert-OH is 1. The highest BCUT2D eigenvalue weighted by Gasteiger charge is 2.34. The lowest BCUT2D eigenvalue weighted by Gasteiger charge is -2.18. The van der Waals surface area contributed by atoms with E-state index in [4.69, 9.17) is 9.84 Å². The van der Waals surface area contributed by atoms with Crippen LogP contribution in [0.4, 0.5) is 0 Å². The molecule has 1 aliphatic rings. The van der Waals surface area contributed by atoms with Crippen LogP contribution >= 0.6 is 0 Å². The molecule has 2 atom stereocenters. The maximum atomic E-state index is 12.7. The molecule has 7 heteroatoms. The molecule has 25 heavy (non-hydrogen) atoms. The van der Waals surface area contributed by atoms with Crippen LogP contribution in [0.3, 0.4) is 0 Å². The molecule has 0 saturated carbocycles. The van der Waals surface area contributed by atoms with Crippen LogP contribution in [0.25, 0.3) is 0 Å². The molecule has 3 N–H and O–H groups in total. The van der Waals surface area contributed by atoms with E-state index in [1.54, 1.807) is 4.68 Å². The average molecular weight is 344 g/mol. The molecule has 0 aliphatic carbocycles. The van der Waals surface area contributed by atoms with Gasteiger partial charge in [0.2, 0.25) is 5.91 Å². The van der Waals surface area contributed by atoms with Gasteiger partial charge in [-0.15, -0.1) is 0 Å². The molecule has 2 heterocycles. The minimum atomic E-state index is -0.116. The number of rotatable bonds is 7. The van der Waals surface area contributed by atoms with Gasteiger partial charge in [-0.05, 0) is 11.6 Å². The van der Waals surface area contributed by atoms with Gasteiger partial charge in [-0.1, -0.05) is 18.2 Å². The van der Waals surface area contributed by atoms with Crippen molar-refractivity contribution in [2.24, 2.45) is 13.0 Å². The number of para-hydroxylation sites is 1. The number of ether oxygens (including phenoxy) is 1. The smallest absolute Gasteiger partial charge is 0.225 e. The number of amides is 1. The zero-order chi connectivity index (χ0) is 17.6. The predicted octanol–water partition coefficient (Wildman–Crippen LogP) is 0.411. The summed E-state index contributed by atoms with van der Waals surface area (Å²) < 4.78 is 7.27. The number of aliphatic hydroxyl groups is 1. The molecule has 1 aromatic carbocycles. The summed E-state index contributed by atoms with van der Waals surface area (Å²) in [7, 11) is 1.88. The molecule has 1 aliphatic heterocycles. The summed E-state index contributed by atoms with van der Waals surface area (Å²) in [5, 5.41) is 19.4. The van der Waals surface area contributed by atoms with Crippen molar-refractivity contribution < 1.29 is 14.6 Å². The third kappa shape index (κ3) is 4.18. The van der Waals surface area contributed by atoms with E-state index < -0.39 is 0 Å². The molecule has 0 unspecified atom stereocenters. The van der Waals surface area contributed by atoms with Crippen LogP contribution in [0.2, 0.25) is 0 Å². The number of benzene rings is 1. The Morgan fingerprint density at radius 2 is 2.28 bits per heavy atom. The first-order valence-corrected chi connectivity index (χ1v) is 8.47. The number of carbonyl (C=O) groups excluding carboxylic acids is 1. The van der Waals surface area contributed by atoms with Crippen molar-refractivity contribution in [1.82, 2.24) is 20.4 Å². The molecule has 3 rings (SSSR count). The Morgan fingerprint density at radius 1 is 1.44 bits per heavy atom. The molecular weight excluding hydrogens is 320 g/mol. The fraction of sp³-hybridized carbons (Fsp3) is 0.444. The molecule has 1 fully saturated rings. The van der Waals surface area contributed by atoms with E-state index in [9.17, 15) is 4.79 Å². The lowest BCUT2D eigenvalue weighted by molar-refractivity contribution is -0.125. The summed E-state index contributed by atoms with van der Waals surface area (Å²) in [4.78, 5) is 12.7. The second kappa shape index (κ2) is 8.13. The fourth-order valence-electron chi connectivity index (χ4n) is 3.20. The minimum absolute atomic E-state index is 0.0239. The third-order valence-electron chi connectivity index (χ3n) is 4.48. The SMILES string of the molecule is Cn1cc([C@H]2CNC[C@@H]2C(=O)NCc2ccccc2OCCO)cn1. The summed E-state index contributed by atoms with van der Waals surface area (Å²) in [5.74, 6) is 0.727. The number of aromatic nitrogens is 2. The van der Waals surface area contributed by atoms with Crippen molar-refractivity contribution in [3.8, 4) is 5.75 Å². The number of nitrogens with one attached hydrogen (secondary N) is 2. The normalized spacial score (nSPS) is 19.8. The Balaban J connectivity index is 1.62. The minimum Gasteiger partial charge on any atom is -0.491 e. The average Bonchev–Trinajstić information content (AvgIpc) is 3.27. The lowest BCUT2D eigenvalue weighted by Crippen LogP contribution is -2.34. The van der Waals surface area contributed by atoms with Gasteiger partial charge in [0.1, 0.15) is 12.4 Å². The summed E-state index contributed by atoms with van der Waals surface area (Å²) in [6, 6.07) is 7.53. The number of hydrogen-bond donors (Lipinski definition) is 3. The number of hydrogen-bond acceptors (Lipinski definition) is 5. The molecule has 0 radical (unpaired) electrons. The number of aryl methyl sites for hydroxylation is 1. The molecule has 2 aromatic rings. The third-order valence-corrected chi connectivity index (χ3v) is 4.48. The van der Waals surface area contributed by atoms with Gasteiger partial charge >= 0.3 is 0 Å². The highest BCUT2D eigenvalue weighted by atomic mass is 16.5. The zero-order valence-electron chi connectivity index (χ0n) is 14.3. The topological polar surface area (TPSA) is 88.4 Å². The maximum absolute atomic E-state index is 12.7. The molecule has 0 bridgehead atoms. The van der Waals surface area contributed by atoms with Crippen molar-refractivity contribution >= 4 is 5.91 Å². The fourth-order valence-corrected chi connectivity index (χ4v) is 3.20. The summed E-state index contributed by atoms with van der Waals surface area (Å²) in [5.41, 5.74) is 1.98. The van der Waals surface area contributed by atoms with Gasteiger partial charge in [-0.3, -0.25) is 9.48 Å². The van der Waals surface area contributed by atoms with Crippen LogP contribution < -0.4 is 15.4 Å². The Kier molecular flexibility index (Phi) is 5.67. The zero-order valence-corrected chi connectivity index (χ0v) is 14.3. The van der Waals surface area contributed by atoms with E-state index in [1.807, 2.05) is 43.7 Å². The van der Waals surface area contributed by atoms with Crippen molar-refractivity contribution in [2.75, 3.05) is 26.3 Å². The Labute approximate surface area is 147 Å². The van der Waals surface area contributed by atoms with E-state index in [0.717, 1.165) is 17.7 Å². The van der Waals surface area contributed by atoms with Gasteiger partial charge in [0.25, 0.3) is 0 Å². The van der Waals surface area contributed by atoms with Gasteiger partial charge in [-0.2, -0.15) is 5.10 Å². The van der Waals surface area contributed by atoms with E-state index in [2.05, 4.69) is 15.7 Å². The first-order valence-electron chi connectivity index (χ1n) is 8.47. The molecule has 7 nitrogen and oxygen atoms in total. The van der Waals surface area contributed by atoms with Gasteiger partial charge < -0.3 is 20.5 Å². The van der Waals surface area contributed by atoms with Crippen molar-refractivity contribution in [3.05, 3.63) is 47.8 Å². The van der Waals surface area contributed by atoms with Crippen LogP contribution in [0.1, 0.15) is 17.0 Å². The molecule has 134 valence electrons. The van der Waals surface area contributed by atoms with Crippen LogP contribution in [0.15, 0.2) is 36.7 Å². The summed E-state index contributed by atoms with van der Waals surface area (Å²) >= 11 is 0. The quantitative estimate of drug-likeness (QED) is 0.677. The Morgan fingerprint density at radius 3 is 3.04 bits per heavy atom. The molecular formula is C18H24N4O3. The molecule has 1 aromatic heterocycles. The highest BCUT2D eigenvalue weighted by Crippen LogP contribution is 2.28. The lowest BCUT2D eigenvalue weighted by atomic mass is 9.90. The maximum Gasteiger partial charge on any atom is 0.225 e. The second-order valence-electron chi connectivity index (χ2n) is 6.22. The van der Waals surface area contributed by atoms with Gasteiger partial charge in [0.15, 0.2) is 0 Å². The van der Waals surface area contributed by atoms with Crippen LogP contribution in [0.5, 0.6) is 5.75 Å². The van der Waals surface area contributed by atoms with Crippen molar-refractivity contribution in [3.63, 3.8) is 0 Å². The number of nitrogens with zero attached hydrogens (tertiary/aromatic N) is 2. The standard InChI is InChI=1S/C18H24N4O3/c1-22-12-14(9-21-22)15-10-19-11-16(15)18(24)20-8-13-4-2-3-5-17(13)25-7-6-23/h2-5,9,12,15-16,19,23H,6-8,10-11H2,1H3,(H,20,24)/t15-,16+/m1/s1. The second-order valence-corrected chi connectivity index (χ2v) is 6.22. The predicted molar refractivity (Wildman–Crippen MR) is 93.2 cm³/mol. The summed E-state index contributed by atoms with van der Waals surface area (Å²) in [6.07, 6.45) is 3.80. The monoisotopic (exact) mass is 344 g/mol. The largest absolute Gasteiger partial charge is 0.491 e. The van der Waals surface area contributed by atoms with Crippen molar-refractivity contribution in [2.45, 2.75) is 12.5 Å². The molecule has 1 saturated heterocycles. The van der Waals surface area contributed by atoms with Gasteiger partial charge in [0.05, 0.1) is 18.7 Å². The van der Waals surface area contributed by atoms with Gasteiger partial charge in [0, 0.05) is 44.4 Å². The summed E-state index contributed by atoms with van der Waals surface area (Å²) in [6.45, 7) is 2.03.